The molecule has 136 valence electrons. The van der Waals surface area contributed by atoms with Crippen LogP contribution >= 0.6 is 22.9 Å². The van der Waals surface area contributed by atoms with E-state index in [9.17, 15) is 4.79 Å². The molecule has 4 rings (SSSR count). The van der Waals surface area contributed by atoms with Crippen molar-refractivity contribution in [3.05, 3.63) is 51.5 Å². The fourth-order valence-electron chi connectivity index (χ4n) is 3.19. The Balaban J connectivity index is 1.52. The minimum absolute atomic E-state index is 0.0425. The van der Waals surface area contributed by atoms with E-state index >= 15 is 0 Å². The molecule has 1 aliphatic rings. The summed E-state index contributed by atoms with van der Waals surface area (Å²) in [6.07, 6.45) is 2.24. The van der Waals surface area contributed by atoms with Gasteiger partial charge in [-0.3, -0.25) is 9.48 Å². The van der Waals surface area contributed by atoms with Crippen LogP contribution in [0.1, 0.15) is 33.8 Å². The number of aromatic nitrogens is 2. The minimum Gasteiger partial charge on any atom is -0.376 e. The quantitative estimate of drug-likeness (QED) is 0.717. The number of benzene rings is 1. The van der Waals surface area contributed by atoms with Crippen LogP contribution in [-0.2, 0) is 11.3 Å². The smallest absolute Gasteiger partial charge is 0.261 e. The molecule has 0 spiro atoms. The summed E-state index contributed by atoms with van der Waals surface area (Å²) < 4.78 is 7.52. The van der Waals surface area contributed by atoms with Crippen LogP contribution in [0, 0.1) is 6.92 Å². The summed E-state index contributed by atoms with van der Waals surface area (Å²) in [5.74, 6) is -0.0425. The number of rotatable bonds is 5. The van der Waals surface area contributed by atoms with E-state index in [4.69, 9.17) is 16.3 Å². The fraction of sp³-hybridized carbons (Fsp3) is 0.368. The lowest BCUT2D eigenvalue weighted by Gasteiger charge is -2.09. The Morgan fingerprint density at radius 1 is 1.42 bits per heavy atom. The van der Waals surface area contributed by atoms with Crippen molar-refractivity contribution in [3.8, 4) is 0 Å². The monoisotopic (exact) mass is 389 g/mol. The lowest BCUT2D eigenvalue weighted by Crippen LogP contribution is -2.31. The number of halogens is 1. The van der Waals surface area contributed by atoms with E-state index in [-0.39, 0.29) is 12.0 Å². The van der Waals surface area contributed by atoms with Crippen LogP contribution < -0.4 is 5.32 Å². The van der Waals surface area contributed by atoms with Crippen LogP contribution in [0.25, 0.3) is 10.2 Å². The van der Waals surface area contributed by atoms with Crippen molar-refractivity contribution in [3.63, 3.8) is 0 Å². The first kappa shape index (κ1) is 17.5. The average molecular weight is 390 g/mol. The molecule has 0 bridgehead atoms. The third-order valence-electron chi connectivity index (χ3n) is 4.59. The number of fused-ring (bicyclic) bond motifs is 1. The van der Waals surface area contributed by atoms with Gasteiger partial charge in [0.1, 0.15) is 4.83 Å². The van der Waals surface area contributed by atoms with E-state index in [1.807, 2.05) is 41.9 Å². The predicted octanol–water partition coefficient (Wildman–Crippen LogP) is 4.02. The zero-order valence-corrected chi connectivity index (χ0v) is 16.1. The van der Waals surface area contributed by atoms with Gasteiger partial charge in [0.15, 0.2) is 0 Å². The van der Waals surface area contributed by atoms with Gasteiger partial charge in [-0.05, 0) is 43.5 Å². The van der Waals surface area contributed by atoms with Crippen molar-refractivity contribution >= 4 is 39.1 Å². The van der Waals surface area contributed by atoms with Crippen molar-refractivity contribution in [2.24, 2.45) is 0 Å². The highest BCUT2D eigenvalue weighted by atomic mass is 35.5. The van der Waals surface area contributed by atoms with E-state index in [1.165, 1.54) is 11.3 Å². The van der Waals surface area contributed by atoms with E-state index in [1.54, 1.807) is 0 Å². The number of thiophene rings is 1. The number of hydrogen-bond acceptors (Lipinski definition) is 4. The Kier molecular flexibility index (Phi) is 4.98. The van der Waals surface area contributed by atoms with Crippen LogP contribution in [-0.4, -0.2) is 34.9 Å². The SMILES string of the molecule is Cc1nn(Cc2ccc(Cl)cc2)c2sc(C(=O)NC[C@@H]3CCCO3)cc12. The molecule has 1 aromatic carbocycles. The molecule has 1 saturated heterocycles. The third-order valence-corrected chi connectivity index (χ3v) is 5.99. The topological polar surface area (TPSA) is 56.2 Å². The van der Waals surface area contributed by atoms with Crippen LogP contribution in [0.15, 0.2) is 30.3 Å². The minimum atomic E-state index is -0.0425. The lowest BCUT2D eigenvalue weighted by molar-refractivity contribution is 0.0861. The highest BCUT2D eigenvalue weighted by Crippen LogP contribution is 2.29. The summed E-state index contributed by atoms with van der Waals surface area (Å²) in [6.45, 7) is 3.99. The van der Waals surface area contributed by atoms with Crippen molar-refractivity contribution in [2.75, 3.05) is 13.2 Å². The zero-order valence-electron chi connectivity index (χ0n) is 14.5. The maximum Gasteiger partial charge on any atom is 0.261 e. The number of nitrogens with zero attached hydrogens (tertiary/aromatic N) is 2. The highest BCUT2D eigenvalue weighted by molar-refractivity contribution is 7.20. The first-order valence-electron chi connectivity index (χ1n) is 8.71. The maximum absolute atomic E-state index is 12.5. The van der Waals surface area contributed by atoms with Crippen LogP contribution in [0.3, 0.4) is 0 Å². The van der Waals surface area contributed by atoms with E-state index in [0.29, 0.717) is 18.0 Å². The second-order valence-electron chi connectivity index (χ2n) is 6.54. The van der Waals surface area contributed by atoms with Gasteiger partial charge in [-0.1, -0.05) is 23.7 Å². The number of ether oxygens (including phenoxy) is 1. The molecule has 0 unspecified atom stereocenters. The molecule has 0 aliphatic carbocycles. The molecule has 1 amide bonds. The van der Waals surface area contributed by atoms with Crippen molar-refractivity contribution < 1.29 is 9.53 Å². The average Bonchev–Trinajstić information content (AvgIpc) is 3.35. The van der Waals surface area contributed by atoms with Gasteiger partial charge in [0, 0.05) is 23.6 Å². The van der Waals surface area contributed by atoms with Crippen LogP contribution in [0.4, 0.5) is 0 Å². The first-order valence-corrected chi connectivity index (χ1v) is 9.91. The summed E-state index contributed by atoms with van der Waals surface area (Å²) in [6, 6.07) is 9.68. The molecule has 5 nitrogen and oxygen atoms in total. The standard InChI is InChI=1S/C19H20ClN3O2S/c1-12-16-9-17(18(24)21-10-15-3-2-8-25-15)26-19(16)23(22-12)11-13-4-6-14(20)7-5-13/h4-7,9,15H,2-3,8,10-11H2,1H3,(H,21,24)/t15-/m0/s1. The largest absolute Gasteiger partial charge is 0.376 e. The number of carbonyl (C=O) groups is 1. The summed E-state index contributed by atoms with van der Waals surface area (Å²) >= 11 is 7.43. The molecule has 1 atom stereocenters. The zero-order chi connectivity index (χ0) is 18.1. The van der Waals surface area contributed by atoms with Gasteiger partial charge in [0.05, 0.1) is 23.2 Å². The predicted molar refractivity (Wildman–Crippen MR) is 104 cm³/mol. The molecule has 3 heterocycles. The van der Waals surface area contributed by atoms with Crippen molar-refractivity contribution in [1.82, 2.24) is 15.1 Å². The molecular weight excluding hydrogens is 370 g/mol. The van der Waals surface area contributed by atoms with Crippen molar-refractivity contribution in [1.29, 1.82) is 0 Å². The summed E-state index contributed by atoms with van der Waals surface area (Å²) in [5.41, 5.74) is 2.06. The summed E-state index contributed by atoms with van der Waals surface area (Å²) in [5, 5.41) is 9.36. The molecule has 2 aromatic heterocycles. The highest BCUT2D eigenvalue weighted by Gasteiger charge is 2.19. The molecule has 1 aliphatic heterocycles. The number of carbonyl (C=O) groups excluding carboxylic acids is 1. The molecule has 1 N–H and O–H groups in total. The van der Waals surface area contributed by atoms with Gasteiger partial charge in [-0.2, -0.15) is 5.10 Å². The Hall–Kier alpha value is -1.89. The van der Waals surface area contributed by atoms with E-state index in [0.717, 1.165) is 45.9 Å². The van der Waals surface area contributed by atoms with Crippen LogP contribution in [0.5, 0.6) is 0 Å². The van der Waals surface area contributed by atoms with Gasteiger partial charge in [0.2, 0.25) is 0 Å². The van der Waals surface area contributed by atoms with Gasteiger partial charge in [-0.25, -0.2) is 0 Å². The van der Waals surface area contributed by atoms with Gasteiger partial charge >= 0.3 is 0 Å². The number of nitrogens with one attached hydrogen (secondary N) is 1. The van der Waals surface area contributed by atoms with Gasteiger partial charge in [-0.15, -0.1) is 11.3 Å². The Bertz CT molecular complexity index is 926. The third kappa shape index (κ3) is 3.63. The molecule has 0 saturated carbocycles. The second kappa shape index (κ2) is 7.39. The summed E-state index contributed by atoms with van der Waals surface area (Å²) in [4.78, 5) is 14.2. The lowest BCUT2D eigenvalue weighted by atomic mass is 10.2. The van der Waals surface area contributed by atoms with Gasteiger partial charge in [0.25, 0.3) is 5.91 Å². The van der Waals surface area contributed by atoms with E-state index < -0.39 is 0 Å². The maximum atomic E-state index is 12.5. The second-order valence-corrected chi connectivity index (χ2v) is 8.01. The van der Waals surface area contributed by atoms with Gasteiger partial charge < -0.3 is 10.1 Å². The molecule has 26 heavy (non-hydrogen) atoms. The number of amides is 1. The van der Waals surface area contributed by atoms with E-state index in [2.05, 4.69) is 10.4 Å². The Labute approximate surface area is 160 Å². The van der Waals surface area contributed by atoms with Crippen molar-refractivity contribution in [2.45, 2.75) is 32.4 Å². The molecule has 0 radical (unpaired) electrons. The molecular formula is C19H20ClN3O2S. The number of aryl methyl sites for hydroxylation is 1. The Morgan fingerprint density at radius 2 is 2.23 bits per heavy atom. The Morgan fingerprint density at radius 3 is 2.96 bits per heavy atom. The normalized spacial score (nSPS) is 17.1. The van der Waals surface area contributed by atoms with Crippen LogP contribution in [0.2, 0.25) is 5.02 Å². The summed E-state index contributed by atoms with van der Waals surface area (Å²) in [7, 11) is 0. The molecule has 1 fully saturated rings. The number of hydrogen-bond donors (Lipinski definition) is 1. The molecule has 7 heteroatoms. The fourth-order valence-corrected chi connectivity index (χ4v) is 4.40. The first-order chi connectivity index (χ1) is 12.6. The molecule has 3 aromatic rings.